The van der Waals surface area contributed by atoms with Crippen molar-refractivity contribution >= 4 is 11.8 Å². The SMILES string of the molecule is CC1CCC(COC(=O)Cn2ccc(N)n2)O1. The summed E-state index contributed by atoms with van der Waals surface area (Å²) >= 11 is 0. The zero-order valence-corrected chi connectivity index (χ0v) is 9.83. The number of hydrogen-bond donors (Lipinski definition) is 1. The van der Waals surface area contributed by atoms with Crippen LogP contribution < -0.4 is 5.73 Å². The summed E-state index contributed by atoms with van der Waals surface area (Å²) in [6, 6.07) is 1.63. The number of hydrogen-bond acceptors (Lipinski definition) is 5. The maximum absolute atomic E-state index is 11.5. The molecule has 0 amide bonds. The van der Waals surface area contributed by atoms with Gasteiger partial charge in [0.15, 0.2) is 0 Å². The lowest BCUT2D eigenvalue weighted by molar-refractivity contribution is -0.148. The van der Waals surface area contributed by atoms with Crippen LogP contribution >= 0.6 is 0 Å². The lowest BCUT2D eigenvalue weighted by atomic mass is 10.2. The first-order valence-corrected chi connectivity index (χ1v) is 5.73. The largest absolute Gasteiger partial charge is 0.462 e. The van der Waals surface area contributed by atoms with E-state index < -0.39 is 0 Å². The van der Waals surface area contributed by atoms with Crippen molar-refractivity contribution in [2.45, 2.75) is 38.5 Å². The quantitative estimate of drug-likeness (QED) is 0.777. The van der Waals surface area contributed by atoms with Gasteiger partial charge in [0.1, 0.15) is 19.0 Å². The van der Waals surface area contributed by atoms with Gasteiger partial charge in [-0.1, -0.05) is 0 Å². The van der Waals surface area contributed by atoms with Crippen molar-refractivity contribution in [3.8, 4) is 0 Å². The van der Waals surface area contributed by atoms with Gasteiger partial charge in [-0.2, -0.15) is 5.10 Å². The second-order valence-corrected chi connectivity index (χ2v) is 4.27. The molecular formula is C11H17N3O3. The fourth-order valence-corrected chi connectivity index (χ4v) is 1.84. The summed E-state index contributed by atoms with van der Waals surface area (Å²) in [6.45, 7) is 2.42. The molecule has 0 spiro atoms. The van der Waals surface area contributed by atoms with Gasteiger partial charge in [-0.15, -0.1) is 0 Å². The van der Waals surface area contributed by atoms with E-state index in [1.165, 1.54) is 4.68 Å². The zero-order chi connectivity index (χ0) is 12.3. The molecule has 1 aliphatic rings. The fourth-order valence-electron chi connectivity index (χ4n) is 1.84. The van der Waals surface area contributed by atoms with Gasteiger partial charge in [-0.3, -0.25) is 9.48 Å². The van der Waals surface area contributed by atoms with E-state index in [0.29, 0.717) is 12.4 Å². The molecule has 6 heteroatoms. The minimum atomic E-state index is -0.323. The van der Waals surface area contributed by atoms with E-state index in [9.17, 15) is 4.79 Å². The molecule has 0 aliphatic carbocycles. The Bertz CT molecular complexity index is 391. The highest BCUT2D eigenvalue weighted by molar-refractivity contribution is 5.69. The topological polar surface area (TPSA) is 79.4 Å². The van der Waals surface area contributed by atoms with Crippen LogP contribution in [0, 0.1) is 0 Å². The smallest absolute Gasteiger partial charge is 0.327 e. The highest BCUT2D eigenvalue weighted by Crippen LogP contribution is 2.19. The molecular weight excluding hydrogens is 222 g/mol. The Balaban J connectivity index is 1.71. The van der Waals surface area contributed by atoms with Crippen LogP contribution in [0.15, 0.2) is 12.3 Å². The van der Waals surface area contributed by atoms with Crippen molar-refractivity contribution in [3.63, 3.8) is 0 Å². The average Bonchev–Trinajstić information content (AvgIpc) is 2.85. The van der Waals surface area contributed by atoms with Crippen LogP contribution in [0.2, 0.25) is 0 Å². The van der Waals surface area contributed by atoms with Gasteiger partial charge in [0.25, 0.3) is 0 Å². The van der Waals surface area contributed by atoms with E-state index in [-0.39, 0.29) is 24.7 Å². The molecule has 1 fully saturated rings. The third-order valence-corrected chi connectivity index (χ3v) is 2.70. The summed E-state index contributed by atoms with van der Waals surface area (Å²) in [5, 5.41) is 3.90. The third kappa shape index (κ3) is 3.45. The van der Waals surface area contributed by atoms with Crippen molar-refractivity contribution in [2.75, 3.05) is 12.3 Å². The van der Waals surface area contributed by atoms with Gasteiger partial charge in [-0.05, 0) is 25.8 Å². The molecule has 2 heterocycles. The normalized spacial score (nSPS) is 23.8. The number of rotatable bonds is 4. The van der Waals surface area contributed by atoms with E-state index in [1.807, 2.05) is 6.92 Å². The van der Waals surface area contributed by atoms with Gasteiger partial charge >= 0.3 is 5.97 Å². The molecule has 1 saturated heterocycles. The van der Waals surface area contributed by atoms with E-state index in [0.717, 1.165) is 12.8 Å². The average molecular weight is 239 g/mol. The van der Waals surface area contributed by atoms with Crippen LogP contribution in [0.4, 0.5) is 5.82 Å². The molecule has 2 N–H and O–H groups in total. The van der Waals surface area contributed by atoms with E-state index >= 15 is 0 Å². The summed E-state index contributed by atoms with van der Waals surface area (Å²) in [5.41, 5.74) is 5.44. The summed E-state index contributed by atoms with van der Waals surface area (Å²) in [4.78, 5) is 11.5. The van der Waals surface area contributed by atoms with Crippen LogP contribution in [0.25, 0.3) is 0 Å². The van der Waals surface area contributed by atoms with Crippen LogP contribution in [0.1, 0.15) is 19.8 Å². The monoisotopic (exact) mass is 239 g/mol. The molecule has 17 heavy (non-hydrogen) atoms. The molecule has 1 aromatic rings. The number of ether oxygens (including phenoxy) is 2. The van der Waals surface area contributed by atoms with Gasteiger partial charge in [0.2, 0.25) is 0 Å². The molecule has 2 atom stereocenters. The predicted octanol–water partition coefficient (Wildman–Crippen LogP) is 0.576. The Hall–Kier alpha value is -1.56. The molecule has 0 aromatic carbocycles. The van der Waals surface area contributed by atoms with Crippen LogP contribution in [-0.2, 0) is 20.8 Å². The van der Waals surface area contributed by atoms with E-state index in [1.54, 1.807) is 12.3 Å². The van der Waals surface area contributed by atoms with E-state index in [2.05, 4.69) is 5.10 Å². The Morgan fingerprint density at radius 2 is 2.53 bits per heavy atom. The molecule has 94 valence electrons. The Labute approximate surface area is 99.7 Å². The fraction of sp³-hybridized carbons (Fsp3) is 0.636. The lowest BCUT2D eigenvalue weighted by Crippen LogP contribution is -2.21. The third-order valence-electron chi connectivity index (χ3n) is 2.70. The molecule has 0 radical (unpaired) electrons. The Morgan fingerprint density at radius 3 is 3.12 bits per heavy atom. The number of nitrogen functional groups attached to an aromatic ring is 1. The highest BCUT2D eigenvalue weighted by atomic mass is 16.6. The van der Waals surface area contributed by atoms with Gasteiger partial charge in [-0.25, -0.2) is 0 Å². The first kappa shape index (κ1) is 11.9. The summed E-state index contributed by atoms with van der Waals surface area (Å²) in [6.07, 6.45) is 3.92. The first-order chi connectivity index (χ1) is 8.13. The maximum Gasteiger partial charge on any atom is 0.327 e. The number of carbonyl (C=O) groups excluding carboxylic acids is 1. The number of nitrogens with zero attached hydrogens (tertiary/aromatic N) is 2. The minimum Gasteiger partial charge on any atom is -0.462 e. The second-order valence-electron chi connectivity index (χ2n) is 4.27. The molecule has 0 saturated carbocycles. The molecule has 0 bridgehead atoms. The number of anilines is 1. The molecule has 1 aliphatic heterocycles. The molecule has 2 rings (SSSR count). The van der Waals surface area contributed by atoms with Crippen molar-refractivity contribution in [1.29, 1.82) is 0 Å². The second kappa shape index (κ2) is 5.18. The van der Waals surface area contributed by atoms with Gasteiger partial charge < -0.3 is 15.2 Å². The Kier molecular flexibility index (Phi) is 3.63. The molecule has 2 unspecified atom stereocenters. The molecule has 1 aromatic heterocycles. The van der Waals surface area contributed by atoms with Crippen molar-refractivity contribution in [2.24, 2.45) is 0 Å². The minimum absolute atomic E-state index is 0.0386. The van der Waals surface area contributed by atoms with E-state index in [4.69, 9.17) is 15.2 Å². The lowest BCUT2D eigenvalue weighted by Gasteiger charge is -2.11. The van der Waals surface area contributed by atoms with Crippen molar-refractivity contribution in [3.05, 3.63) is 12.3 Å². The van der Waals surface area contributed by atoms with Crippen molar-refractivity contribution in [1.82, 2.24) is 9.78 Å². The van der Waals surface area contributed by atoms with Crippen molar-refractivity contribution < 1.29 is 14.3 Å². The van der Waals surface area contributed by atoms with Gasteiger partial charge in [0, 0.05) is 6.20 Å². The zero-order valence-electron chi connectivity index (χ0n) is 9.83. The highest BCUT2D eigenvalue weighted by Gasteiger charge is 2.23. The summed E-state index contributed by atoms with van der Waals surface area (Å²) in [7, 11) is 0. The maximum atomic E-state index is 11.5. The molecule has 6 nitrogen and oxygen atoms in total. The summed E-state index contributed by atoms with van der Waals surface area (Å²) < 4.78 is 12.1. The first-order valence-electron chi connectivity index (χ1n) is 5.73. The number of nitrogens with two attached hydrogens (primary N) is 1. The Morgan fingerprint density at radius 1 is 1.71 bits per heavy atom. The predicted molar refractivity (Wildman–Crippen MR) is 61.2 cm³/mol. The van der Waals surface area contributed by atoms with Gasteiger partial charge in [0.05, 0.1) is 12.2 Å². The van der Waals surface area contributed by atoms with Crippen LogP contribution in [-0.4, -0.2) is 34.6 Å². The summed E-state index contributed by atoms with van der Waals surface area (Å²) in [5.74, 6) is 0.0713. The van der Waals surface area contributed by atoms with Crippen LogP contribution in [0.3, 0.4) is 0 Å². The van der Waals surface area contributed by atoms with Crippen LogP contribution in [0.5, 0.6) is 0 Å². The number of esters is 1. The standard InChI is InChI=1S/C11H17N3O3/c1-8-2-3-9(17-8)7-16-11(15)6-14-5-4-10(12)13-14/h4-5,8-9H,2-3,6-7H2,1H3,(H2,12,13). The number of aromatic nitrogens is 2. The number of carbonyl (C=O) groups is 1.